The third kappa shape index (κ3) is 4.22. The molecule has 1 N–H and O–H groups in total. The fourth-order valence-electron chi connectivity index (χ4n) is 3.51. The van der Waals surface area contributed by atoms with Crippen LogP contribution in [-0.2, 0) is 4.79 Å². The van der Waals surface area contributed by atoms with E-state index < -0.39 is 6.04 Å². The summed E-state index contributed by atoms with van der Waals surface area (Å²) in [4.78, 5) is 20.2. The zero-order valence-electron chi connectivity index (χ0n) is 16.7. The lowest BCUT2D eigenvalue weighted by Crippen LogP contribution is -2.40. The van der Waals surface area contributed by atoms with E-state index in [9.17, 15) is 9.90 Å². The number of benzene rings is 2. The van der Waals surface area contributed by atoms with Crippen LogP contribution in [0.1, 0.15) is 51.2 Å². The summed E-state index contributed by atoms with van der Waals surface area (Å²) in [7, 11) is 0. The minimum atomic E-state index is -0.461. The number of rotatable bonds is 6. The largest absolute Gasteiger partial charge is 0.508 e. The Kier molecular flexibility index (Phi) is 6.40. The predicted molar refractivity (Wildman–Crippen MR) is 116 cm³/mol. The molecule has 0 bridgehead atoms. The van der Waals surface area contributed by atoms with Crippen LogP contribution in [0.25, 0.3) is 0 Å². The molecular weight excluding hydrogens is 372 g/mol. The summed E-state index contributed by atoms with van der Waals surface area (Å²) in [5, 5.41) is 10.3. The van der Waals surface area contributed by atoms with Gasteiger partial charge in [-0.1, -0.05) is 45.2 Å². The molecule has 0 spiro atoms. The number of aliphatic imine (C=N–C) groups is 1. The highest BCUT2D eigenvalue weighted by Gasteiger charge is 2.33. The van der Waals surface area contributed by atoms with Crippen molar-refractivity contribution in [3.8, 4) is 5.75 Å². The molecule has 0 aliphatic carbocycles. The number of phenols is 1. The second-order valence-electron chi connectivity index (χ2n) is 7.57. The summed E-state index contributed by atoms with van der Waals surface area (Å²) in [6, 6.07) is 12.1. The number of hydrogen-bond donors (Lipinski definition) is 1. The summed E-state index contributed by atoms with van der Waals surface area (Å²) in [6.07, 6.45) is 3.12. The van der Waals surface area contributed by atoms with Gasteiger partial charge in [-0.2, -0.15) is 0 Å². The first-order chi connectivity index (χ1) is 13.4. The molecule has 2 aromatic carbocycles. The summed E-state index contributed by atoms with van der Waals surface area (Å²) in [5.41, 5.74) is 3.30. The maximum atomic E-state index is 13.4. The van der Waals surface area contributed by atoms with Gasteiger partial charge in [-0.25, -0.2) is 0 Å². The number of carbonyl (C=O) groups excluding carboxylic acids is 1. The molecule has 0 fully saturated rings. The van der Waals surface area contributed by atoms with E-state index in [-0.39, 0.29) is 17.6 Å². The van der Waals surface area contributed by atoms with E-state index in [0.29, 0.717) is 11.6 Å². The van der Waals surface area contributed by atoms with Gasteiger partial charge in [-0.15, -0.1) is 0 Å². The average molecular weight is 399 g/mol. The van der Waals surface area contributed by atoms with Gasteiger partial charge >= 0.3 is 0 Å². The van der Waals surface area contributed by atoms with Crippen molar-refractivity contribution in [3.05, 3.63) is 58.6 Å². The zero-order valence-corrected chi connectivity index (χ0v) is 17.4. The monoisotopic (exact) mass is 398 g/mol. The van der Waals surface area contributed by atoms with E-state index in [4.69, 9.17) is 16.6 Å². The van der Waals surface area contributed by atoms with Crippen LogP contribution in [0, 0.1) is 5.92 Å². The van der Waals surface area contributed by atoms with Gasteiger partial charge in [0.1, 0.15) is 11.8 Å². The Labute approximate surface area is 171 Å². The Hall–Kier alpha value is -2.33. The maximum Gasteiger partial charge on any atom is 0.252 e. The number of benzodiazepines with no additional fused rings is 1. The fraction of sp³-hybridized carbons (Fsp3) is 0.391. The number of aromatic hydroxyl groups is 1. The van der Waals surface area contributed by atoms with Gasteiger partial charge in [0, 0.05) is 22.7 Å². The molecule has 0 aromatic heterocycles. The molecule has 1 amide bonds. The lowest BCUT2D eigenvalue weighted by molar-refractivity contribution is -0.120. The highest BCUT2D eigenvalue weighted by molar-refractivity contribution is 6.32. The van der Waals surface area contributed by atoms with E-state index in [2.05, 4.69) is 6.92 Å². The zero-order chi connectivity index (χ0) is 20.3. The van der Waals surface area contributed by atoms with Crippen LogP contribution >= 0.6 is 11.6 Å². The van der Waals surface area contributed by atoms with Crippen molar-refractivity contribution in [1.29, 1.82) is 0 Å². The Bertz CT molecular complexity index is 875. The number of unbranched alkanes of at least 4 members (excludes halogenated alkanes) is 2. The van der Waals surface area contributed by atoms with E-state index in [0.717, 1.165) is 41.8 Å². The molecule has 1 aliphatic rings. The summed E-state index contributed by atoms with van der Waals surface area (Å²) < 4.78 is 0. The Balaban J connectivity index is 2.17. The SMILES string of the molecule is CCCCCN1C(=O)C(C(C)C)N=C(c2ccc(O)cc2)c2cc(Cl)ccc21. The quantitative estimate of drug-likeness (QED) is 0.658. The second kappa shape index (κ2) is 8.78. The van der Waals surface area contributed by atoms with Crippen LogP contribution in [0.3, 0.4) is 0 Å². The molecule has 1 heterocycles. The Morgan fingerprint density at radius 3 is 2.50 bits per heavy atom. The molecule has 0 saturated carbocycles. The van der Waals surface area contributed by atoms with E-state index in [1.807, 2.05) is 49.1 Å². The molecule has 5 heteroatoms. The van der Waals surface area contributed by atoms with Gasteiger partial charge in [0.25, 0.3) is 5.91 Å². The number of nitrogens with zero attached hydrogens (tertiary/aromatic N) is 2. The highest BCUT2D eigenvalue weighted by atomic mass is 35.5. The number of phenolic OH excluding ortho intramolecular Hbond substituents is 1. The van der Waals surface area contributed by atoms with E-state index >= 15 is 0 Å². The molecule has 1 unspecified atom stereocenters. The Morgan fingerprint density at radius 2 is 1.86 bits per heavy atom. The molecule has 0 saturated heterocycles. The number of fused-ring (bicyclic) bond motifs is 1. The molecular formula is C23H27ClN2O2. The van der Waals surface area contributed by atoms with Crippen LogP contribution < -0.4 is 4.90 Å². The number of amides is 1. The molecule has 1 atom stereocenters. The Morgan fingerprint density at radius 1 is 1.14 bits per heavy atom. The van der Waals surface area contributed by atoms with Crippen molar-refractivity contribution in [2.24, 2.45) is 10.9 Å². The van der Waals surface area contributed by atoms with Crippen molar-refractivity contribution in [3.63, 3.8) is 0 Å². The van der Waals surface area contributed by atoms with Gasteiger partial charge in [0.05, 0.1) is 11.4 Å². The minimum Gasteiger partial charge on any atom is -0.508 e. The first-order valence-electron chi connectivity index (χ1n) is 9.91. The fourth-order valence-corrected chi connectivity index (χ4v) is 3.68. The lowest BCUT2D eigenvalue weighted by atomic mass is 9.99. The smallest absolute Gasteiger partial charge is 0.252 e. The van der Waals surface area contributed by atoms with Crippen molar-refractivity contribution in [1.82, 2.24) is 0 Å². The molecule has 148 valence electrons. The standard InChI is InChI=1S/C23H27ClN2O2/c1-4-5-6-13-26-20-12-9-17(24)14-19(20)22(16-7-10-18(27)11-8-16)25-21(15(2)3)23(26)28/h7-12,14-15,21,27H,4-6,13H2,1-3H3. The number of halogens is 1. The van der Waals surface area contributed by atoms with Crippen LogP contribution in [0.2, 0.25) is 5.02 Å². The number of carbonyl (C=O) groups is 1. The first-order valence-corrected chi connectivity index (χ1v) is 10.3. The molecule has 28 heavy (non-hydrogen) atoms. The van der Waals surface area contributed by atoms with Crippen LogP contribution in [-0.4, -0.2) is 29.3 Å². The van der Waals surface area contributed by atoms with Crippen molar-refractivity contribution < 1.29 is 9.90 Å². The van der Waals surface area contributed by atoms with Gasteiger partial charge in [0.2, 0.25) is 0 Å². The van der Waals surface area contributed by atoms with Gasteiger partial charge < -0.3 is 10.0 Å². The van der Waals surface area contributed by atoms with Crippen LogP contribution in [0.15, 0.2) is 47.5 Å². The van der Waals surface area contributed by atoms with Gasteiger partial charge in [-0.3, -0.25) is 9.79 Å². The minimum absolute atomic E-state index is 0.0310. The average Bonchev–Trinajstić information content (AvgIpc) is 2.78. The topological polar surface area (TPSA) is 52.9 Å². The number of hydrogen-bond acceptors (Lipinski definition) is 3. The maximum absolute atomic E-state index is 13.4. The van der Waals surface area contributed by atoms with Crippen molar-refractivity contribution in [2.45, 2.75) is 46.1 Å². The number of anilines is 1. The lowest BCUT2D eigenvalue weighted by Gasteiger charge is -2.26. The second-order valence-corrected chi connectivity index (χ2v) is 8.01. The summed E-state index contributed by atoms with van der Waals surface area (Å²) in [5.74, 6) is 0.295. The summed E-state index contributed by atoms with van der Waals surface area (Å²) in [6.45, 7) is 6.87. The molecule has 2 aromatic rings. The summed E-state index contributed by atoms with van der Waals surface area (Å²) >= 11 is 6.32. The van der Waals surface area contributed by atoms with Crippen molar-refractivity contribution >= 4 is 28.9 Å². The van der Waals surface area contributed by atoms with Gasteiger partial charge in [0.15, 0.2) is 0 Å². The van der Waals surface area contributed by atoms with E-state index in [1.54, 1.807) is 12.1 Å². The first kappa shape index (κ1) is 20.4. The molecule has 3 rings (SSSR count). The molecule has 1 aliphatic heterocycles. The molecule has 0 radical (unpaired) electrons. The molecule has 4 nitrogen and oxygen atoms in total. The van der Waals surface area contributed by atoms with Crippen LogP contribution in [0.5, 0.6) is 5.75 Å². The van der Waals surface area contributed by atoms with Gasteiger partial charge in [-0.05, 0) is 54.8 Å². The van der Waals surface area contributed by atoms with E-state index in [1.165, 1.54) is 0 Å². The predicted octanol–water partition coefficient (Wildman–Crippen LogP) is 5.44. The third-order valence-electron chi connectivity index (χ3n) is 5.05. The normalized spacial score (nSPS) is 16.8. The van der Waals surface area contributed by atoms with Crippen molar-refractivity contribution in [2.75, 3.05) is 11.4 Å². The highest BCUT2D eigenvalue weighted by Crippen LogP contribution is 2.33. The van der Waals surface area contributed by atoms with Crippen LogP contribution in [0.4, 0.5) is 5.69 Å². The third-order valence-corrected chi connectivity index (χ3v) is 5.28.